The maximum Gasteiger partial charge on any atom is 0.262 e. The van der Waals surface area contributed by atoms with Crippen LogP contribution in [-0.4, -0.2) is 25.8 Å². The van der Waals surface area contributed by atoms with Crippen molar-refractivity contribution in [1.29, 1.82) is 0 Å². The van der Waals surface area contributed by atoms with Gasteiger partial charge in [0, 0.05) is 6.21 Å². The van der Waals surface area contributed by atoms with Gasteiger partial charge in [0.25, 0.3) is 5.91 Å². The molecule has 148 valence electrons. The third-order valence-corrected chi connectivity index (χ3v) is 4.41. The van der Waals surface area contributed by atoms with E-state index in [0.717, 1.165) is 22.6 Å². The predicted molar refractivity (Wildman–Crippen MR) is 117 cm³/mol. The minimum absolute atomic E-state index is 0.112. The smallest absolute Gasteiger partial charge is 0.262 e. The number of para-hydroxylation sites is 1. The molecule has 0 bridgehead atoms. The maximum atomic E-state index is 12.0. The van der Waals surface area contributed by atoms with Gasteiger partial charge in [0.2, 0.25) is 0 Å². The van der Waals surface area contributed by atoms with E-state index in [1.54, 1.807) is 49.7 Å². The molecular weight excluding hydrogens is 388 g/mol. The molecule has 0 unspecified atom stereocenters. The molecule has 0 spiro atoms. The number of halogens is 1. The summed E-state index contributed by atoms with van der Waals surface area (Å²) in [7, 11) is 1.62. The zero-order chi connectivity index (χ0) is 20.6. The van der Waals surface area contributed by atoms with E-state index in [1.165, 1.54) is 0 Å². The number of carbonyl (C=O) groups excluding carboxylic acids is 1. The van der Waals surface area contributed by atoms with Crippen LogP contribution < -0.4 is 14.8 Å². The van der Waals surface area contributed by atoms with Gasteiger partial charge in [-0.05, 0) is 66.6 Å². The SMILES string of the molecule is COc1ccc(C)cc1N=Cc1ccc(OCC(=O)Nc2ccccc2Cl)cc1. The second-order valence-corrected chi connectivity index (χ2v) is 6.73. The lowest BCUT2D eigenvalue weighted by Gasteiger charge is -2.09. The van der Waals surface area contributed by atoms with E-state index >= 15 is 0 Å². The number of carbonyl (C=O) groups is 1. The third-order valence-electron chi connectivity index (χ3n) is 4.09. The Morgan fingerprint density at radius 2 is 1.86 bits per heavy atom. The molecule has 3 rings (SSSR count). The molecule has 3 aromatic rings. The van der Waals surface area contributed by atoms with Gasteiger partial charge in [-0.3, -0.25) is 9.79 Å². The third kappa shape index (κ3) is 5.83. The molecule has 6 heteroatoms. The Kier molecular flexibility index (Phi) is 6.87. The first-order chi connectivity index (χ1) is 14.0. The van der Waals surface area contributed by atoms with Crippen molar-refractivity contribution >= 4 is 35.1 Å². The van der Waals surface area contributed by atoms with Crippen LogP contribution in [0.4, 0.5) is 11.4 Å². The van der Waals surface area contributed by atoms with Crippen LogP contribution in [0.25, 0.3) is 0 Å². The summed E-state index contributed by atoms with van der Waals surface area (Å²) in [4.78, 5) is 16.5. The quantitative estimate of drug-likeness (QED) is 0.530. The Balaban J connectivity index is 1.57. The lowest BCUT2D eigenvalue weighted by molar-refractivity contribution is -0.118. The van der Waals surface area contributed by atoms with E-state index in [-0.39, 0.29) is 12.5 Å². The van der Waals surface area contributed by atoms with Crippen LogP contribution >= 0.6 is 11.6 Å². The number of nitrogens with zero attached hydrogens (tertiary/aromatic N) is 1. The monoisotopic (exact) mass is 408 g/mol. The molecular formula is C23H21ClN2O3. The van der Waals surface area contributed by atoms with Crippen molar-refractivity contribution in [2.45, 2.75) is 6.92 Å². The molecule has 1 amide bonds. The van der Waals surface area contributed by atoms with Crippen LogP contribution in [-0.2, 0) is 4.79 Å². The van der Waals surface area contributed by atoms with Gasteiger partial charge in [0.1, 0.15) is 17.2 Å². The number of hydrogen-bond donors (Lipinski definition) is 1. The fourth-order valence-electron chi connectivity index (χ4n) is 2.59. The Hall–Kier alpha value is -3.31. The van der Waals surface area contributed by atoms with Crippen molar-refractivity contribution in [3.05, 3.63) is 82.9 Å². The molecule has 0 saturated carbocycles. The average molecular weight is 409 g/mol. The summed E-state index contributed by atoms with van der Waals surface area (Å²) in [5.74, 6) is 1.02. The first-order valence-electron chi connectivity index (χ1n) is 9.01. The van der Waals surface area contributed by atoms with Crippen LogP contribution in [0.5, 0.6) is 11.5 Å². The molecule has 5 nitrogen and oxygen atoms in total. The van der Waals surface area contributed by atoms with E-state index in [2.05, 4.69) is 10.3 Å². The molecule has 0 aliphatic rings. The summed E-state index contributed by atoms with van der Waals surface area (Å²) in [6, 6.07) is 20.2. The molecule has 1 N–H and O–H groups in total. The zero-order valence-electron chi connectivity index (χ0n) is 16.2. The highest BCUT2D eigenvalue weighted by Gasteiger charge is 2.06. The summed E-state index contributed by atoms with van der Waals surface area (Å²) in [6.45, 7) is 1.89. The van der Waals surface area contributed by atoms with Crippen molar-refractivity contribution in [3.8, 4) is 11.5 Å². The van der Waals surface area contributed by atoms with E-state index in [0.29, 0.717) is 16.5 Å². The average Bonchev–Trinajstić information content (AvgIpc) is 2.73. The van der Waals surface area contributed by atoms with Gasteiger partial charge >= 0.3 is 0 Å². The fourth-order valence-corrected chi connectivity index (χ4v) is 2.78. The lowest BCUT2D eigenvalue weighted by Crippen LogP contribution is -2.20. The maximum absolute atomic E-state index is 12.0. The van der Waals surface area contributed by atoms with Crippen LogP contribution in [0.3, 0.4) is 0 Å². The van der Waals surface area contributed by atoms with Crippen LogP contribution in [0.15, 0.2) is 71.7 Å². The number of nitrogens with one attached hydrogen (secondary N) is 1. The van der Waals surface area contributed by atoms with E-state index in [9.17, 15) is 4.79 Å². The standard InChI is InChI=1S/C23H21ClN2O3/c1-16-7-12-22(28-2)21(13-16)25-14-17-8-10-18(11-9-17)29-15-23(27)26-20-6-4-3-5-19(20)24/h3-14H,15H2,1-2H3,(H,26,27). The molecule has 0 aliphatic heterocycles. The molecule has 0 aromatic heterocycles. The van der Waals surface area contributed by atoms with Crippen LogP contribution in [0.1, 0.15) is 11.1 Å². The Morgan fingerprint density at radius 3 is 2.59 bits per heavy atom. The molecule has 0 atom stereocenters. The topological polar surface area (TPSA) is 59.9 Å². The first kappa shape index (κ1) is 20.4. The summed E-state index contributed by atoms with van der Waals surface area (Å²) in [5.41, 5.74) is 3.34. The summed E-state index contributed by atoms with van der Waals surface area (Å²) in [6.07, 6.45) is 1.76. The van der Waals surface area contributed by atoms with Crippen molar-refractivity contribution < 1.29 is 14.3 Å². The highest BCUT2D eigenvalue weighted by molar-refractivity contribution is 6.33. The van der Waals surface area contributed by atoms with Gasteiger partial charge in [0.05, 0.1) is 17.8 Å². The number of rotatable bonds is 7. The molecule has 0 heterocycles. The van der Waals surface area contributed by atoms with Gasteiger partial charge in [-0.25, -0.2) is 0 Å². The Morgan fingerprint density at radius 1 is 1.10 bits per heavy atom. The number of benzene rings is 3. The predicted octanol–water partition coefficient (Wildman–Crippen LogP) is 5.43. The minimum Gasteiger partial charge on any atom is -0.494 e. The number of hydrogen-bond acceptors (Lipinski definition) is 4. The minimum atomic E-state index is -0.282. The molecule has 0 fully saturated rings. The molecule has 0 radical (unpaired) electrons. The largest absolute Gasteiger partial charge is 0.494 e. The normalized spacial score (nSPS) is 10.7. The van der Waals surface area contributed by atoms with Gasteiger partial charge in [-0.2, -0.15) is 0 Å². The highest BCUT2D eigenvalue weighted by atomic mass is 35.5. The fraction of sp³-hybridized carbons (Fsp3) is 0.130. The number of ether oxygens (including phenoxy) is 2. The van der Waals surface area contributed by atoms with Gasteiger partial charge in [-0.1, -0.05) is 29.8 Å². The number of amides is 1. The summed E-state index contributed by atoms with van der Waals surface area (Å²) >= 11 is 6.03. The molecule has 3 aromatic carbocycles. The van der Waals surface area contributed by atoms with Gasteiger partial charge in [0.15, 0.2) is 6.61 Å². The number of aryl methyl sites for hydroxylation is 1. The second-order valence-electron chi connectivity index (χ2n) is 6.32. The number of anilines is 1. The Bertz CT molecular complexity index is 1020. The van der Waals surface area contributed by atoms with E-state index < -0.39 is 0 Å². The Labute approximate surface area is 175 Å². The summed E-state index contributed by atoms with van der Waals surface area (Å²) < 4.78 is 10.9. The van der Waals surface area contributed by atoms with Crippen molar-refractivity contribution in [2.75, 3.05) is 19.0 Å². The van der Waals surface area contributed by atoms with Crippen molar-refractivity contribution in [3.63, 3.8) is 0 Å². The first-order valence-corrected chi connectivity index (χ1v) is 9.39. The highest BCUT2D eigenvalue weighted by Crippen LogP contribution is 2.28. The second kappa shape index (κ2) is 9.75. The molecule has 29 heavy (non-hydrogen) atoms. The lowest BCUT2D eigenvalue weighted by atomic mass is 10.2. The number of methoxy groups -OCH3 is 1. The molecule has 0 saturated heterocycles. The van der Waals surface area contributed by atoms with Crippen LogP contribution in [0.2, 0.25) is 5.02 Å². The number of aliphatic imine (C=N–C) groups is 1. The van der Waals surface area contributed by atoms with Crippen LogP contribution in [0, 0.1) is 6.92 Å². The zero-order valence-corrected chi connectivity index (χ0v) is 16.9. The van der Waals surface area contributed by atoms with Gasteiger partial charge in [-0.15, -0.1) is 0 Å². The van der Waals surface area contributed by atoms with E-state index in [1.807, 2.05) is 37.3 Å². The van der Waals surface area contributed by atoms with Crippen molar-refractivity contribution in [1.82, 2.24) is 0 Å². The van der Waals surface area contributed by atoms with E-state index in [4.69, 9.17) is 21.1 Å². The summed E-state index contributed by atoms with van der Waals surface area (Å²) in [5, 5.41) is 3.20. The van der Waals surface area contributed by atoms with Gasteiger partial charge < -0.3 is 14.8 Å². The van der Waals surface area contributed by atoms with Crippen molar-refractivity contribution in [2.24, 2.45) is 4.99 Å². The molecule has 0 aliphatic carbocycles.